The normalized spacial score (nSPS) is 12.1. The molecule has 148 valence electrons. The van der Waals surface area contributed by atoms with Crippen LogP contribution in [0.2, 0.25) is 0 Å². The van der Waals surface area contributed by atoms with Crippen molar-refractivity contribution >= 4 is 33.3 Å². The van der Waals surface area contributed by atoms with Crippen LogP contribution in [0.5, 0.6) is 0 Å². The van der Waals surface area contributed by atoms with Gasteiger partial charge in [0.25, 0.3) is 11.6 Å². The summed E-state index contributed by atoms with van der Waals surface area (Å²) in [4.78, 5) is 34.5. The Morgan fingerprint density at radius 2 is 1.89 bits per heavy atom. The molecule has 1 amide bonds. The number of nitrogens with zero attached hydrogens (tertiary/aromatic N) is 1. The Morgan fingerprint density at radius 1 is 1.21 bits per heavy atom. The number of carbonyl (C=O) groups excluding carboxylic acids is 2. The summed E-state index contributed by atoms with van der Waals surface area (Å²) in [5, 5.41) is 18.4. The molecule has 11 heteroatoms. The third kappa shape index (κ3) is 5.11. The highest BCUT2D eigenvalue weighted by atomic mass is 32.2. The average Bonchev–Trinajstić information content (AvgIpc) is 2.61. The standard InChI is InChI=1S/C17H17N3O7S/c1-10-6-7-12(8-15(10)20(23)24)17(22)27-11(2)16(21)19-13-4-3-5-14(9-13)28(18,25)26/h3-9,11H,1-2H3,(H,19,21)(H2,18,25,26). The van der Waals surface area contributed by atoms with Gasteiger partial charge in [-0.2, -0.15) is 0 Å². The third-order valence-corrected chi connectivity index (χ3v) is 4.64. The lowest BCUT2D eigenvalue weighted by Gasteiger charge is -2.14. The highest BCUT2D eigenvalue weighted by molar-refractivity contribution is 7.89. The number of hydrogen-bond acceptors (Lipinski definition) is 7. The van der Waals surface area contributed by atoms with Gasteiger partial charge in [0.05, 0.1) is 15.4 Å². The molecule has 10 nitrogen and oxygen atoms in total. The van der Waals surface area contributed by atoms with Gasteiger partial charge in [-0.1, -0.05) is 12.1 Å². The van der Waals surface area contributed by atoms with Crippen LogP contribution >= 0.6 is 0 Å². The maximum atomic E-state index is 12.2. The number of nitro groups is 1. The average molecular weight is 407 g/mol. The van der Waals surface area contributed by atoms with Crippen LogP contribution in [0, 0.1) is 17.0 Å². The van der Waals surface area contributed by atoms with Crippen molar-refractivity contribution in [2.45, 2.75) is 24.8 Å². The quantitative estimate of drug-likeness (QED) is 0.419. The molecule has 0 radical (unpaired) electrons. The molecule has 0 bridgehead atoms. The number of nitro benzene ring substituents is 1. The number of nitrogens with one attached hydrogen (secondary N) is 1. The fourth-order valence-corrected chi connectivity index (χ4v) is 2.77. The molecule has 0 aromatic heterocycles. The molecule has 2 aromatic carbocycles. The number of nitrogens with two attached hydrogens (primary N) is 1. The number of anilines is 1. The second-order valence-corrected chi connectivity index (χ2v) is 7.43. The van der Waals surface area contributed by atoms with E-state index in [0.717, 1.165) is 12.1 Å². The number of carbonyl (C=O) groups is 2. The Balaban J connectivity index is 2.09. The molecular weight excluding hydrogens is 390 g/mol. The minimum atomic E-state index is -3.94. The Labute approximate surface area is 160 Å². The highest BCUT2D eigenvalue weighted by Crippen LogP contribution is 2.20. The van der Waals surface area contributed by atoms with E-state index in [4.69, 9.17) is 9.88 Å². The predicted octanol–water partition coefficient (Wildman–Crippen LogP) is 1.73. The van der Waals surface area contributed by atoms with Crippen LogP contribution in [-0.2, 0) is 19.6 Å². The van der Waals surface area contributed by atoms with E-state index in [1.807, 2.05) is 0 Å². The summed E-state index contributed by atoms with van der Waals surface area (Å²) in [5.41, 5.74) is 0.201. The molecular formula is C17H17N3O7S. The van der Waals surface area contributed by atoms with Gasteiger partial charge in [0.1, 0.15) is 0 Å². The molecule has 0 aliphatic heterocycles. The SMILES string of the molecule is Cc1ccc(C(=O)OC(C)C(=O)Nc2cccc(S(N)(=O)=O)c2)cc1[N+](=O)[O-]. The van der Waals surface area contributed by atoms with Crippen molar-refractivity contribution in [3.8, 4) is 0 Å². The number of amides is 1. The topological polar surface area (TPSA) is 159 Å². The van der Waals surface area contributed by atoms with Crippen molar-refractivity contribution in [2.24, 2.45) is 5.14 Å². The number of ether oxygens (including phenoxy) is 1. The van der Waals surface area contributed by atoms with Crippen LogP contribution in [0.15, 0.2) is 47.4 Å². The number of esters is 1. The Kier molecular flexibility index (Phi) is 6.11. The molecule has 0 aliphatic rings. The fourth-order valence-electron chi connectivity index (χ4n) is 2.21. The molecule has 2 rings (SSSR count). The lowest BCUT2D eigenvalue weighted by atomic mass is 10.1. The van der Waals surface area contributed by atoms with E-state index >= 15 is 0 Å². The summed E-state index contributed by atoms with van der Waals surface area (Å²) in [7, 11) is -3.94. The van der Waals surface area contributed by atoms with Crippen LogP contribution in [0.4, 0.5) is 11.4 Å². The van der Waals surface area contributed by atoms with Crippen LogP contribution in [-0.4, -0.2) is 31.3 Å². The molecule has 0 spiro atoms. The number of rotatable bonds is 6. The van der Waals surface area contributed by atoms with E-state index in [2.05, 4.69) is 5.32 Å². The molecule has 3 N–H and O–H groups in total. The maximum absolute atomic E-state index is 12.2. The predicted molar refractivity (Wildman–Crippen MR) is 99.2 cm³/mol. The van der Waals surface area contributed by atoms with Crippen LogP contribution in [0.1, 0.15) is 22.8 Å². The zero-order valence-electron chi connectivity index (χ0n) is 14.9. The van der Waals surface area contributed by atoms with Crippen LogP contribution < -0.4 is 10.5 Å². The van der Waals surface area contributed by atoms with Gasteiger partial charge in [0, 0.05) is 17.3 Å². The smallest absolute Gasteiger partial charge is 0.339 e. The zero-order chi connectivity index (χ0) is 21.1. The molecule has 0 saturated heterocycles. The first-order valence-electron chi connectivity index (χ1n) is 7.89. The van der Waals surface area contributed by atoms with Crippen molar-refractivity contribution in [1.82, 2.24) is 0 Å². The van der Waals surface area contributed by atoms with Crippen molar-refractivity contribution < 1.29 is 27.7 Å². The molecule has 0 heterocycles. The summed E-state index contributed by atoms with van der Waals surface area (Å²) in [5.74, 6) is -1.63. The number of benzene rings is 2. The second-order valence-electron chi connectivity index (χ2n) is 5.87. The Morgan fingerprint density at radius 3 is 2.50 bits per heavy atom. The maximum Gasteiger partial charge on any atom is 0.339 e. The summed E-state index contributed by atoms with van der Waals surface area (Å²) < 4.78 is 27.7. The minimum Gasteiger partial charge on any atom is -0.449 e. The molecule has 0 fully saturated rings. The molecule has 0 saturated carbocycles. The number of primary sulfonamides is 1. The van der Waals surface area contributed by atoms with E-state index in [9.17, 15) is 28.1 Å². The van der Waals surface area contributed by atoms with E-state index < -0.39 is 32.9 Å². The van der Waals surface area contributed by atoms with Crippen molar-refractivity contribution in [2.75, 3.05) is 5.32 Å². The number of hydrogen-bond donors (Lipinski definition) is 2. The monoisotopic (exact) mass is 407 g/mol. The first kappa shape index (κ1) is 21.0. The lowest BCUT2D eigenvalue weighted by Crippen LogP contribution is -2.30. The third-order valence-electron chi connectivity index (χ3n) is 3.72. The van der Waals surface area contributed by atoms with Gasteiger partial charge >= 0.3 is 5.97 Å². The number of sulfonamides is 1. The first-order chi connectivity index (χ1) is 13.0. The van der Waals surface area contributed by atoms with Crippen molar-refractivity contribution in [1.29, 1.82) is 0 Å². The minimum absolute atomic E-state index is 0.0758. The fraction of sp³-hybridized carbons (Fsp3) is 0.176. The van der Waals surface area contributed by atoms with Crippen molar-refractivity contribution in [3.63, 3.8) is 0 Å². The van der Waals surface area contributed by atoms with E-state index in [1.54, 1.807) is 0 Å². The largest absolute Gasteiger partial charge is 0.449 e. The molecule has 28 heavy (non-hydrogen) atoms. The molecule has 1 unspecified atom stereocenters. The number of aryl methyl sites for hydroxylation is 1. The van der Waals surface area contributed by atoms with Crippen LogP contribution in [0.3, 0.4) is 0 Å². The zero-order valence-corrected chi connectivity index (χ0v) is 15.7. The lowest BCUT2D eigenvalue weighted by molar-refractivity contribution is -0.385. The Hall–Kier alpha value is -3.31. The second kappa shape index (κ2) is 8.15. The molecule has 0 aliphatic carbocycles. The highest BCUT2D eigenvalue weighted by Gasteiger charge is 2.22. The van der Waals surface area contributed by atoms with Gasteiger partial charge in [-0.15, -0.1) is 0 Å². The van der Waals surface area contributed by atoms with E-state index in [0.29, 0.717) is 5.56 Å². The van der Waals surface area contributed by atoms with Gasteiger partial charge in [-0.05, 0) is 38.1 Å². The first-order valence-corrected chi connectivity index (χ1v) is 9.43. The summed E-state index contributed by atoms with van der Waals surface area (Å²) in [6.45, 7) is 2.83. The van der Waals surface area contributed by atoms with Gasteiger partial charge in [0.15, 0.2) is 6.10 Å². The molecule has 1 atom stereocenters. The summed E-state index contributed by atoms with van der Waals surface area (Å²) in [6, 6.07) is 9.06. The molecule has 2 aromatic rings. The summed E-state index contributed by atoms with van der Waals surface area (Å²) >= 11 is 0. The van der Waals surface area contributed by atoms with Crippen molar-refractivity contribution in [3.05, 3.63) is 63.7 Å². The van der Waals surface area contributed by atoms with Gasteiger partial charge < -0.3 is 10.1 Å². The van der Waals surface area contributed by atoms with Gasteiger partial charge in [0.2, 0.25) is 10.0 Å². The summed E-state index contributed by atoms with van der Waals surface area (Å²) in [6.07, 6.45) is -1.24. The van der Waals surface area contributed by atoms with Gasteiger partial charge in [-0.25, -0.2) is 18.4 Å². The van der Waals surface area contributed by atoms with E-state index in [-0.39, 0.29) is 21.8 Å². The van der Waals surface area contributed by atoms with Crippen LogP contribution in [0.25, 0.3) is 0 Å². The Bertz CT molecular complexity index is 1050. The van der Waals surface area contributed by atoms with E-state index in [1.165, 1.54) is 44.2 Å². The van der Waals surface area contributed by atoms with Gasteiger partial charge in [-0.3, -0.25) is 14.9 Å².